The molecule has 0 saturated carbocycles. The third kappa shape index (κ3) is 8.99. The number of unbranched alkanes of at least 4 members (excludes halogenated alkanes) is 15. The van der Waals surface area contributed by atoms with E-state index in [2.05, 4.69) is 52.0 Å². The summed E-state index contributed by atoms with van der Waals surface area (Å²) in [5, 5.41) is 0. The lowest BCUT2D eigenvalue weighted by Gasteiger charge is -2.23. The normalized spacial score (nSPS) is 12.2. The Balaban J connectivity index is 1.86. The fourth-order valence-corrected chi connectivity index (χ4v) is 6.98. The highest BCUT2D eigenvalue weighted by molar-refractivity contribution is 5.82. The van der Waals surface area contributed by atoms with Crippen LogP contribution in [0, 0.1) is 6.92 Å². The van der Waals surface area contributed by atoms with E-state index in [-0.39, 0.29) is 0 Å². The van der Waals surface area contributed by atoms with E-state index in [0.29, 0.717) is 0 Å². The van der Waals surface area contributed by atoms with Crippen molar-refractivity contribution in [2.24, 2.45) is 0 Å². The van der Waals surface area contributed by atoms with Gasteiger partial charge in [0.15, 0.2) is 0 Å². The smallest absolute Gasteiger partial charge is 0.00105 e. The largest absolute Gasteiger partial charge is 0.0654 e. The van der Waals surface area contributed by atoms with Crippen molar-refractivity contribution in [3.8, 4) is 11.1 Å². The van der Waals surface area contributed by atoms with Crippen molar-refractivity contribution in [2.45, 2.75) is 169 Å². The maximum Gasteiger partial charge on any atom is -0.00105 e. The third-order valence-electron chi connectivity index (χ3n) is 9.22. The van der Waals surface area contributed by atoms with Crippen molar-refractivity contribution in [3.63, 3.8) is 0 Å². The van der Waals surface area contributed by atoms with E-state index in [0.717, 1.165) is 6.42 Å². The van der Waals surface area contributed by atoms with Crippen LogP contribution in [0.3, 0.4) is 0 Å². The van der Waals surface area contributed by atoms with Crippen LogP contribution in [0.15, 0.2) is 24.3 Å². The molecule has 0 aliphatic heterocycles. The molecule has 0 atom stereocenters. The van der Waals surface area contributed by atoms with E-state index in [1.165, 1.54) is 135 Å². The second-order valence-corrected chi connectivity index (χ2v) is 12.3. The Hall–Kier alpha value is -1.56. The van der Waals surface area contributed by atoms with Crippen LogP contribution in [-0.2, 0) is 25.7 Å². The maximum atomic E-state index is 2.48. The maximum absolute atomic E-state index is 2.48. The van der Waals surface area contributed by atoms with Gasteiger partial charge in [0.1, 0.15) is 0 Å². The first kappa shape index (κ1) is 31.0. The molecule has 0 nitrogen and oxygen atoms in total. The molecule has 212 valence electrons. The third-order valence-corrected chi connectivity index (χ3v) is 9.22. The van der Waals surface area contributed by atoms with Crippen molar-refractivity contribution in [1.29, 1.82) is 0 Å². The molecular formula is C38H60. The van der Waals surface area contributed by atoms with Crippen LogP contribution in [0.4, 0.5) is 0 Å². The number of fused-ring (bicyclic) bond motifs is 3. The van der Waals surface area contributed by atoms with Crippen LogP contribution in [0.1, 0.15) is 170 Å². The SMILES string of the molecule is CCCCCCCCc1c(C)c2c(c(CCCCCCCC)c1CCCCCCCC)Cc1ccccc1-2. The van der Waals surface area contributed by atoms with Crippen LogP contribution in [-0.4, -0.2) is 0 Å². The van der Waals surface area contributed by atoms with Crippen molar-refractivity contribution in [3.05, 3.63) is 57.6 Å². The van der Waals surface area contributed by atoms with Gasteiger partial charge in [-0.2, -0.15) is 0 Å². The van der Waals surface area contributed by atoms with Gasteiger partial charge >= 0.3 is 0 Å². The van der Waals surface area contributed by atoms with Crippen LogP contribution >= 0.6 is 0 Å². The molecule has 1 aliphatic rings. The molecule has 0 bridgehead atoms. The zero-order chi connectivity index (χ0) is 27.0. The predicted molar refractivity (Wildman–Crippen MR) is 171 cm³/mol. The Morgan fingerprint density at radius 2 is 0.947 bits per heavy atom. The van der Waals surface area contributed by atoms with Gasteiger partial charge < -0.3 is 0 Å². The van der Waals surface area contributed by atoms with Crippen LogP contribution in [0.2, 0.25) is 0 Å². The van der Waals surface area contributed by atoms with E-state index in [1.807, 2.05) is 0 Å². The fraction of sp³-hybridized carbons (Fsp3) is 0.684. The second-order valence-electron chi connectivity index (χ2n) is 12.3. The number of benzene rings is 2. The first-order valence-corrected chi connectivity index (χ1v) is 17.0. The molecule has 0 spiro atoms. The van der Waals surface area contributed by atoms with Gasteiger partial charge in [0, 0.05) is 0 Å². The molecule has 2 aromatic rings. The molecule has 38 heavy (non-hydrogen) atoms. The summed E-state index contributed by atoms with van der Waals surface area (Å²) in [4.78, 5) is 0. The molecule has 0 amide bonds. The van der Waals surface area contributed by atoms with Gasteiger partial charge in [-0.1, -0.05) is 141 Å². The van der Waals surface area contributed by atoms with E-state index in [4.69, 9.17) is 0 Å². The summed E-state index contributed by atoms with van der Waals surface area (Å²) in [7, 11) is 0. The molecule has 3 rings (SSSR count). The van der Waals surface area contributed by atoms with Crippen molar-refractivity contribution in [1.82, 2.24) is 0 Å². The van der Waals surface area contributed by atoms with Crippen molar-refractivity contribution in [2.75, 3.05) is 0 Å². The van der Waals surface area contributed by atoms with Gasteiger partial charge in [-0.25, -0.2) is 0 Å². The van der Waals surface area contributed by atoms with E-state index < -0.39 is 0 Å². The number of hydrogen-bond acceptors (Lipinski definition) is 0. The van der Waals surface area contributed by atoms with Crippen LogP contribution < -0.4 is 0 Å². The van der Waals surface area contributed by atoms with E-state index >= 15 is 0 Å². The molecule has 0 N–H and O–H groups in total. The quantitative estimate of drug-likeness (QED) is 0.123. The Bertz CT molecular complexity index is 934. The molecule has 0 aromatic heterocycles. The Morgan fingerprint density at radius 3 is 1.50 bits per heavy atom. The highest BCUT2D eigenvalue weighted by atomic mass is 14.3. The second kappa shape index (κ2) is 17.9. The topological polar surface area (TPSA) is 0 Å². The summed E-state index contributed by atoms with van der Waals surface area (Å²) in [6, 6.07) is 9.31. The molecule has 0 fully saturated rings. The Kier molecular flexibility index (Phi) is 14.6. The lowest BCUT2D eigenvalue weighted by Crippen LogP contribution is -2.09. The average Bonchev–Trinajstić information content (AvgIpc) is 3.32. The lowest BCUT2D eigenvalue weighted by atomic mass is 9.81. The molecule has 0 unspecified atom stereocenters. The molecule has 0 heteroatoms. The minimum absolute atomic E-state index is 1.16. The summed E-state index contributed by atoms with van der Waals surface area (Å²) < 4.78 is 0. The lowest BCUT2D eigenvalue weighted by molar-refractivity contribution is 0.592. The van der Waals surface area contributed by atoms with Gasteiger partial charge in [-0.05, 0) is 96.4 Å². The first-order valence-electron chi connectivity index (χ1n) is 17.0. The zero-order valence-corrected chi connectivity index (χ0v) is 25.9. The molecule has 1 aliphatic carbocycles. The molecule has 2 aromatic carbocycles. The van der Waals surface area contributed by atoms with Gasteiger partial charge in [0.2, 0.25) is 0 Å². The summed E-state index contributed by atoms with van der Waals surface area (Å²) in [5.41, 5.74) is 13.4. The van der Waals surface area contributed by atoms with Gasteiger partial charge in [-0.15, -0.1) is 0 Å². The summed E-state index contributed by atoms with van der Waals surface area (Å²) in [5.74, 6) is 0. The molecule has 0 heterocycles. The van der Waals surface area contributed by atoms with Gasteiger partial charge in [0.25, 0.3) is 0 Å². The van der Waals surface area contributed by atoms with Crippen molar-refractivity contribution < 1.29 is 0 Å². The molecular weight excluding hydrogens is 456 g/mol. The molecule has 0 radical (unpaired) electrons. The summed E-state index contributed by atoms with van der Waals surface area (Å²) in [6.45, 7) is 9.46. The fourth-order valence-electron chi connectivity index (χ4n) is 6.98. The zero-order valence-electron chi connectivity index (χ0n) is 25.9. The number of hydrogen-bond donors (Lipinski definition) is 0. The minimum atomic E-state index is 1.16. The molecule has 0 saturated heterocycles. The highest BCUT2D eigenvalue weighted by Crippen LogP contribution is 2.45. The van der Waals surface area contributed by atoms with Crippen LogP contribution in [0.5, 0.6) is 0 Å². The number of rotatable bonds is 21. The Morgan fingerprint density at radius 1 is 0.500 bits per heavy atom. The first-order chi connectivity index (χ1) is 18.7. The standard InChI is InChI=1S/C38H60/c1-5-8-11-14-17-20-26-33-31(4)38-34-27-24-23-25-32(34)30-37(38)36(29-22-19-16-13-10-7-3)35(33)28-21-18-15-12-9-6-2/h23-25,27H,5-22,26,28-30H2,1-4H3. The van der Waals surface area contributed by atoms with Gasteiger partial charge in [0.05, 0.1) is 0 Å². The van der Waals surface area contributed by atoms with Gasteiger partial charge in [-0.3, -0.25) is 0 Å². The monoisotopic (exact) mass is 516 g/mol. The highest BCUT2D eigenvalue weighted by Gasteiger charge is 2.27. The minimum Gasteiger partial charge on any atom is -0.0654 e. The van der Waals surface area contributed by atoms with E-state index in [9.17, 15) is 0 Å². The average molecular weight is 517 g/mol. The summed E-state index contributed by atoms with van der Waals surface area (Å²) in [6.07, 6.45) is 30.1. The van der Waals surface area contributed by atoms with E-state index in [1.54, 1.807) is 44.5 Å². The Labute approximate surface area is 237 Å². The van der Waals surface area contributed by atoms with Crippen molar-refractivity contribution >= 4 is 0 Å². The van der Waals surface area contributed by atoms with Crippen LogP contribution in [0.25, 0.3) is 11.1 Å². The predicted octanol–water partition coefficient (Wildman–Crippen LogP) is 12.3. The summed E-state index contributed by atoms with van der Waals surface area (Å²) >= 11 is 0.